The number of carbonyl (C=O) groups is 1. The number of benzene rings is 2. The van der Waals surface area contributed by atoms with Crippen molar-refractivity contribution in [1.82, 2.24) is 5.32 Å². The highest BCUT2D eigenvalue weighted by atomic mass is 16.1. The molecule has 0 radical (unpaired) electrons. The largest absolute Gasteiger partial charge is 0.398 e. The number of nitrogen functional groups attached to an aromatic ring is 1. The van der Waals surface area contributed by atoms with Crippen molar-refractivity contribution in [3.8, 4) is 0 Å². The summed E-state index contributed by atoms with van der Waals surface area (Å²) in [6.45, 7) is 0.695. The van der Waals surface area contributed by atoms with E-state index >= 15 is 0 Å². The summed E-state index contributed by atoms with van der Waals surface area (Å²) in [4.78, 5) is 11.8. The van der Waals surface area contributed by atoms with E-state index in [2.05, 4.69) is 17.4 Å². The van der Waals surface area contributed by atoms with E-state index in [9.17, 15) is 4.79 Å². The maximum Gasteiger partial charge on any atom is 0.224 e. The number of carbonyl (C=O) groups excluding carboxylic acids is 1. The fraction of sp³-hybridized carbons (Fsp3) is 0.235. The Balaban J connectivity index is 1.69. The Labute approximate surface area is 119 Å². The van der Waals surface area contributed by atoms with Gasteiger partial charge in [-0.25, -0.2) is 0 Å². The molecule has 2 aromatic carbocycles. The minimum atomic E-state index is 0.0240. The zero-order chi connectivity index (χ0) is 14.2. The van der Waals surface area contributed by atoms with Gasteiger partial charge in [-0.15, -0.1) is 0 Å². The molecule has 0 aliphatic carbocycles. The summed E-state index contributed by atoms with van der Waals surface area (Å²) in [6.07, 6.45) is 2.27. The average molecular weight is 268 g/mol. The van der Waals surface area contributed by atoms with Crippen molar-refractivity contribution in [2.45, 2.75) is 19.3 Å². The first kappa shape index (κ1) is 14.1. The summed E-state index contributed by atoms with van der Waals surface area (Å²) in [7, 11) is 0. The van der Waals surface area contributed by atoms with Crippen LogP contribution in [0.25, 0.3) is 0 Å². The molecule has 2 rings (SSSR count). The Kier molecular flexibility index (Phi) is 5.18. The molecule has 0 atom stereocenters. The fourth-order valence-corrected chi connectivity index (χ4v) is 2.10. The molecule has 20 heavy (non-hydrogen) atoms. The highest BCUT2D eigenvalue weighted by molar-refractivity contribution is 5.80. The van der Waals surface area contributed by atoms with Gasteiger partial charge in [-0.1, -0.05) is 48.5 Å². The van der Waals surface area contributed by atoms with Crippen LogP contribution in [-0.4, -0.2) is 12.5 Å². The maximum absolute atomic E-state index is 11.8. The Hall–Kier alpha value is -2.29. The van der Waals surface area contributed by atoms with E-state index in [1.165, 1.54) is 5.56 Å². The number of hydrogen-bond acceptors (Lipinski definition) is 2. The molecule has 0 saturated heterocycles. The summed E-state index contributed by atoms with van der Waals surface area (Å²) in [6, 6.07) is 17.8. The molecule has 3 nitrogen and oxygen atoms in total. The van der Waals surface area contributed by atoms with E-state index in [4.69, 9.17) is 5.73 Å². The molecular formula is C17H20N2O. The number of amides is 1. The Morgan fingerprint density at radius 1 is 1.00 bits per heavy atom. The second-order valence-corrected chi connectivity index (χ2v) is 4.81. The molecule has 0 aromatic heterocycles. The highest BCUT2D eigenvalue weighted by Crippen LogP contribution is 2.10. The van der Waals surface area contributed by atoms with Crippen molar-refractivity contribution in [2.24, 2.45) is 0 Å². The van der Waals surface area contributed by atoms with Gasteiger partial charge in [0, 0.05) is 12.2 Å². The average Bonchev–Trinajstić information content (AvgIpc) is 2.47. The molecule has 0 unspecified atom stereocenters. The van der Waals surface area contributed by atoms with Gasteiger partial charge in [0.2, 0.25) is 5.91 Å². The first-order valence-electron chi connectivity index (χ1n) is 6.90. The van der Waals surface area contributed by atoms with Gasteiger partial charge in [0.05, 0.1) is 6.42 Å². The number of nitrogens with two attached hydrogens (primary N) is 1. The molecule has 0 aliphatic heterocycles. The van der Waals surface area contributed by atoms with Gasteiger partial charge < -0.3 is 11.1 Å². The van der Waals surface area contributed by atoms with Crippen LogP contribution >= 0.6 is 0 Å². The Morgan fingerprint density at radius 2 is 1.70 bits per heavy atom. The monoisotopic (exact) mass is 268 g/mol. The minimum Gasteiger partial charge on any atom is -0.398 e. The van der Waals surface area contributed by atoms with Gasteiger partial charge in [0.1, 0.15) is 0 Å². The highest BCUT2D eigenvalue weighted by Gasteiger charge is 2.05. The lowest BCUT2D eigenvalue weighted by molar-refractivity contribution is -0.120. The third-order valence-electron chi connectivity index (χ3n) is 3.21. The SMILES string of the molecule is Nc1ccccc1CC(=O)NCCCc1ccccc1. The number of aryl methyl sites for hydroxylation is 1. The smallest absolute Gasteiger partial charge is 0.224 e. The molecular weight excluding hydrogens is 248 g/mol. The molecule has 3 heteroatoms. The van der Waals surface area contributed by atoms with Crippen molar-refractivity contribution in [2.75, 3.05) is 12.3 Å². The van der Waals surface area contributed by atoms with Crippen LogP contribution in [0.1, 0.15) is 17.5 Å². The molecule has 0 spiro atoms. The molecule has 0 heterocycles. The molecule has 2 aromatic rings. The Morgan fingerprint density at radius 3 is 2.45 bits per heavy atom. The standard InChI is InChI=1S/C17H20N2O/c18-16-11-5-4-10-15(16)13-17(20)19-12-6-9-14-7-2-1-3-8-14/h1-5,7-8,10-11H,6,9,12-13,18H2,(H,19,20). The molecule has 0 aliphatic rings. The maximum atomic E-state index is 11.8. The lowest BCUT2D eigenvalue weighted by Crippen LogP contribution is -2.26. The summed E-state index contributed by atoms with van der Waals surface area (Å²) < 4.78 is 0. The molecule has 0 fully saturated rings. The van der Waals surface area contributed by atoms with Crippen molar-refractivity contribution >= 4 is 11.6 Å². The van der Waals surface area contributed by atoms with Crippen molar-refractivity contribution in [1.29, 1.82) is 0 Å². The lowest BCUT2D eigenvalue weighted by atomic mass is 10.1. The van der Waals surface area contributed by atoms with Gasteiger partial charge in [0.15, 0.2) is 0 Å². The van der Waals surface area contributed by atoms with Gasteiger partial charge in [-0.3, -0.25) is 4.79 Å². The second-order valence-electron chi connectivity index (χ2n) is 4.81. The van der Waals surface area contributed by atoms with Gasteiger partial charge in [0.25, 0.3) is 0 Å². The normalized spacial score (nSPS) is 10.2. The quantitative estimate of drug-likeness (QED) is 0.625. The van der Waals surface area contributed by atoms with Crippen LogP contribution in [0.2, 0.25) is 0 Å². The van der Waals surface area contributed by atoms with E-state index in [0.717, 1.165) is 18.4 Å². The molecule has 3 N–H and O–H groups in total. The van der Waals surface area contributed by atoms with Crippen molar-refractivity contribution < 1.29 is 4.79 Å². The summed E-state index contributed by atoms with van der Waals surface area (Å²) >= 11 is 0. The van der Waals surface area contributed by atoms with E-state index in [1.807, 2.05) is 42.5 Å². The minimum absolute atomic E-state index is 0.0240. The molecule has 104 valence electrons. The van der Waals surface area contributed by atoms with Gasteiger partial charge in [-0.2, -0.15) is 0 Å². The first-order chi connectivity index (χ1) is 9.75. The number of para-hydroxylation sites is 1. The van der Waals surface area contributed by atoms with E-state index in [1.54, 1.807) is 0 Å². The van der Waals surface area contributed by atoms with Crippen molar-refractivity contribution in [3.63, 3.8) is 0 Å². The zero-order valence-corrected chi connectivity index (χ0v) is 11.5. The number of anilines is 1. The predicted octanol–water partition coefficient (Wildman–Crippen LogP) is 2.56. The van der Waals surface area contributed by atoms with E-state index < -0.39 is 0 Å². The fourth-order valence-electron chi connectivity index (χ4n) is 2.10. The van der Waals surface area contributed by atoms with Gasteiger partial charge in [-0.05, 0) is 30.0 Å². The zero-order valence-electron chi connectivity index (χ0n) is 11.5. The lowest BCUT2D eigenvalue weighted by Gasteiger charge is -2.07. The van der Waals surface area contributed by atoms with Crippen LogP contribution in [-0.2, 0) is 17.6 Å². The van der Waals surface area contributed by atoms with Crippen LogP contribution in [0.3, 0.4) is 0 Å². The van der Waals surface area contributed by atoms with Crippen LogP contribution in [0, 0.1) is 0 Å². The molecule has 1 amide bonds. The Bertz CT molecular complexity index is 552. The topological polar surface area (TPSA) is 55.1 Å². The number of rotatable bonds is 6. The predicted molar refractivity (Wildman–Crippen MR) is 82.3 cm³/mol. The summed E-state index contributed by atoms with van der Waals surface area (Å²) in [5, 5.41) is 2.93. The summed E-state index contributed by atoms with van der Waals surface area (Å²) in [5.41, 5.74) is 8.68. The second kappa shape index (κ2) is 7.34. The van der Waals surface area contributed by atoms with Crippen LogP contribution in [0.5, 0.6) is 0 Å². The first-order valence-corrected chi connectivity index (χ1v) is 6.90. The van der Waals surface area contributed by atoms with Crippen LogP contribution in [0.4, 0.5) is 5.69 Å². The van der Waals surface area contributed by atoms with E-state index in [-0.39, 0.29) is 5.91 Å². The molecule has 0 bridgehead atoms. The number of hydrogen-bond donors (Lipinski definition) is 2. The summed E-state index contributed by atoms with van der Waals surface area (Å²) in [5.74, 6) is 0.0240. The molecule has 0 saturated carbocycles. The third-order valence-corrected chi connectivity index (χ3v) is 3.21. The van der Waals surface area contributed by atoms with E-state index in [0.29, 0.717) is 18.7 Å². The van der Waals surface area contributed by atoms with Crippen LogP contribution < -0.4 is 11.1 Å². The van der Waals surface area contributed by atoms with Gasteiger partial charge >= 0.3 is 0 Å². The van der Waals surface area contributed by atoms with Crippen LogP contribution in [0.15, 0.2) is 54.6 Å². The number of nitrogens with one attached hydrogen (secondary N) is 1. The van der Waals surface area contributed by atoms with Crippen molar-refractivity contribution in [3.05, 3.63) is 65.7 Å². The third kappa shape index (κ3) is 4.43.